The first kappa shape index (κ1) is 12.9. The quantitative estimate of drug-likeness (QED) is 0.649. The molecule has 0 bridgehead atoms. The molecule has 0 saturated heterocycles. The zero-order valence-corrected chi connectivity index (χ0v) is 9.44. The van der Waals surface area contributed by atoms with E-state index in [1.54, 1.807) is 0 Å². The van der Waals surface area contributed by atoms with Crippen LogP contribution in [0.25, 0.3) is 0 Å². The van der Waals surface area contributed by atoms with Gasteiger partial charge in [0.2, 0.25) is 10.0 Å². The van der Waals surface area contributed by atoms with Crippen molar-refractivity contribution in [1.82, 2.24) is 0 Å². The monoisotopic (exact) mass is 207 g/mol. The summed E-state index contributed by atoms with van der Waals surface area (Å²) in [6.07, 6.45) is 5.79. The van der Waals surface area contributed by atoms with Gasteiger partial charge in [0.05, 0.1) is 5.25 Å². The number of unbranched alkanes of at least 4 members (excludes halogenated alkanes) is 3. The van der Waals surface area contributed by atoms with E-state index < -0.39 is 10.0 Å². The summed E-state index contributed by atoms with van der Waals surface area (Å²) in [4.78, 5) is 0. The van der Waals surface area contributed by atoms with Gasteiger partial charge in [-0.15, -0.1) is 0 Å². The van der Waals surface area contributed by atoms with Crippen molar-refractivity contribution in [2.75, 3.05) is 0 Å². The number of primary sulfonamides is 1. The van der Waals surface area contributed by atoms with Crippen LogP contribution in [-0.4, -0.2) is 13.7 Å². The first-order chi connectivity index (χ1) is 6.02. The maximum atomic E-state index is 11.0. The third-order valence-corrected chi connectivity index (χ3v) is 3.80. The van der Waals surface area contributed by atoms with Gasteiger partial charge in [-0.25, -0.2) is 13.6 Å². The fourth-order valence-corrected chi connectivity index (χ4v) is 2.36. The zero-order chi connectivity index (χ0) is 10.3. The van der Waals surface area contributed by atoms with Gasteiger partial charge in [-0.3, -0.25) is 0 Å². The average Bonchev–Trinajstić information content (AvgIpc) is 2.02. The summed E-state index contributed by atoms with van der Waals surface area (Å²) in [7, 11) is -3.30. The van der Waals surface area contributed by atoms with Crippen LogP contribution in [0.1, 0.15) is 52.4 Å². The summed E-state index contributed by atoms with van der Waals surface area (Å²) < 4.78 is 22.0. The molecule has 4 heteroatoms. The molecule has 0 aromatic carbocycles. The maximum Gasteiger partial charge on any atom is 0.211 e. The molecule has 0 aromatic heterocycles. The Hall–Kier alpha value is -0.0900. The van der Waals surface area contributed by atoms with Gasteiger partial charge in [0, 0.05) is 0 Å². The van der Waals surface area contributed by atoms with Crippen LogP contribution in [0.15, 0.2) is 0 Å². The van der Waals surface area contributed by atoms with Crippen LogP contribution >= 0.6 is 0 Å². The summed E-state index contributed by atoms with van der Waals surface area (Å²) in [6, 6.07) is 0. The van der Waals surface area contributed by atoms with Gasteiger partial charge in [0.15, 0.2) is 0 Å². The molecule has 0 heterocycles. The zero-order valence-electron chi connectivity index (χ0n) is 8.62. The standard InChI is InChI=1S/C9H21NO2S/c1-3-5-6-7-8-9(4-2)13(10,11)12/h9H,3-8H2,1-2H3,(H2,10,11,12). The van der Waals surface area contributed by atoms with E-state index in [1.165, 1.54) is 12.8 Å². The molecule has 1 atom stereocenters. The number of nitrogens with two attached hydrogens (primary N) is 1. The highest BCUT2D eigenvalue weighted by Crippen LogP contribution is 2.12. The first-order valence-corrected chi connectivity index (χ1v) is 6.64. The van der Waals surface area contributed by atoms with Crippen molar-refractivity contribution in [2.45, 2.75) is 57.6 Å². The molecule has 2 N–H and O–H groups in total. The molecule has 0 fully saturated rings. The Morgan fingerprint density at radius 1 is 1.15 bits per heavy atom. The van der Waals surface area contributed by atoms with Crippen molar-refractivity contribution < 1.29 is 8.42 Å². The number of hydrogen-bond donors (Lipinski definition) is 1. The SMILES string of the molecule is CCCCCCC(CC)S(N)(=O)=O. The van der Waals surface area contributed by atoms with Crippen molar-refractivity contribution in [2.24, 2.45) is 5.14 Å². The highest BCUT2D eigenvalue weighted by atomic mass is 32.2. The van der Waals surface area contributed by atoms with E-state index in [9.17, 15) is 8.42 Å². The molecule has 0 aliphatic rings. The van der Waals surface area contributed by atoms with Crippen LogP contribution in [0.4, 0.5) is 0 Å². The van der Waals surface area contributed by atoms with Crippen LogP contribution in [0, 0.1) is 0 Å². The average molecular weight is 207 g/mol. The highest BCUT2D eigenvalue weighted by molar-refractivity contribution is 7.89. The van der Waals surface area contributed by atoms with Gasteiger partial charge in [0.25, 0.3) is 0 Å². The van der Waals surface area contributed by atoms with Crippen LogP contribution in [0.5, 0.6) is 0 Å². The van der Waals surface area contributed by atoms with Crippen LogP contribution in [-0.2, 0) is 10.0 Å². The van der Waals surface area contributed by atoms with E-state index in [0.29, 0.717) is 6.42 Å². The minimum Gasteiger partial charge on any atom is -0.228 e. The summed E-state index contributed by atoms with van der Waals surface area (Å²) in [5.74, 6) is 0. The van der Waals surface area contributed by atoms with Gasteiger partial charge in [-0.2, -0.15) is 0 Å². The third-order valence-electron chi connectivity index (χ3n) is 2.30. The Morgan fingerprint density at radius 3 is 2.15 bits per heavy atom. The van der Waals surface area contributed by atoms with E-state index in [0.717, 1.165) is 19.3 Å². The Balaban J connectivity index is 3.74. The Kier molecular flexibility index (Phi) is 6.33. The van der Waals surface area contributed by atoms with Gasteiger partial charge >= 0.3 is 0 Å². The molecule has 0 radical (unpaired) electrons. The number of sulfonamides is 1. The summed E-state index contributed by atoms with van der Waals surface area (Å²) in [5.41, 5.74) is 0. The minimum atomic E-state index is -3.30. The van der Waals surface area contributed by atoms with E-state index in [2.05, 4.69) is 6.92 Å². The second kappa shape index (κ2) is 6.38. The highest BCUT2D eigenvalue weighted by Gasteiger charge is 2.17. The Bertz CT molecular complexity index is 212. The van der Waals surface area contributed by atoms with Gasteiger partial charge in [-0.05, 0) is 12.8 Å². The predicted molar refractivity (Wildman–Crippen MR) is 55.9 cm³/mol. The molecule has 0 aliphatic carbocycles. The smallest absolute Gasteiger partial charge is 0.211 e. The molecule has 3 nitrogen and oxygen atoms in total. The molecule has 0 aliphatic heterocycles. The second-order valence-corrected chi connectivity index (χ2v) is 5.31. The summed E-state index contributed by atoms with van der Waals surface area (Å²) >= 11 is 0. The van der Waals surface area contributed by atoms with Gasteiger partial charge in [-0.1, -0.05) is 39.5 Å². The van der Waals surface area contributed by atoms with Crippen molar-refractivity contribution >= 4 is 10.0 Å². The minimum absolute atomic E-state index is 0.329. The molecular formula is C9H21NO2S. The maximum absolute atomic E-state index is 11.0. The largest absolute Gasteiger partial charge is 0.228 e. The van der Waals surface area contributed by atoms with Crippen LogP contribution in [0.2, 0.25) is 0 Å². The topological polar surface area (TPSA) is 60.2 Å². The fourth-order valence-electron chi connectivity index (χ4n) is 1.40. The normalized spacial score (nSPS) is 14.4. The Labute approximate surface area is 81.8 Å². The number of hydrogen-bond acceptors (Lipinski definition) is 2. The lowest BCUT2D eigenvalue weighted by Crippen LogP contribution is -2.27. The van der Waals surface area contributed by atoms with Crippen molar-refractivity contribution in [3.8, 4) is 0 Å². The fraction of sp³-hybridized carbons (Fsp3) is 1.00. The molecule has 0 spiro atoms. The lowest BCUT2D eigenvalue weighted by Gasteiger charge is -2.11. The summed E-state index contributed by atoms with van der Waals surface area (Å²) in [5, 5.41) is 4.75. The van der Waals surface area contributed by atoms with Crippen LogP contribution in [0.3, 0.4) is 0 Å². The Morgan fingerprint density at radius 2 is 1.77 bits per heavy atom. The molecule has 13 heavy (non-hydrogen) atoms. The van der Waals surface area contributed by atoms with Crippen molar-refractivity contribution in [3.63, 3.8) is 0 Å². The van der Waals surface area contributed by atoms with Crippen LogP contribution < -0.4 is 5.14 Å². The summed E-state index contributed by atoms with van der Waals surface area (Å²) in [6.45, 7) is 4.01. The molecule has 80 valence electrons. The van der Waals surface area contributed by atoms with Crippen molar-refractivity contribution in [3.05, 3.63) is 0 Å². The molecule has 1 unspecified atom stereocenters. The lowest BCUT2D eigenvalue weighted by atomic mass is 10.1. The van der Waals surface area contributed by atoms with E-state index in [4.69, 9.17) is 5.14 Å². The number of rotatable bonds is 7. The van der Waals surface area contributed by atoms with Gasteiger partial charge in [0.1, 0.15) is 0 Å². The first-order valence-electron chi connectivity index (χ1n) is 5.04. The molecule has 0 amide bonds. The molecular weight excluding hydrogens is 186 g/mol. The van der Waals surface area contributed by atoms with E-state index >= 15 is 0 Å². The van der Waals surface area contributed by atoms with Crippen molar-refractivity contribution in [1.29, 1.82) is 0 Å². The van der Waals surface area contributed by atoms with E-state index in [-0.39, 0.29) is 5.25 Å². The second-order valence-electron chi connectivity index (χ2n) is 3.47. The molecule has 0 aromatic rings. The lowest BCUT2D eigenvalue weighted by molar-refractivity contribution is 0.549. The van der Waals surface area contributed by atoms with E-state index in [1.807, 2.05) is 6.92 Å². The van der Waals surface area contributed by atoms with Gasteiger partial charge < -0.3 is 0 Å². The third kappa shape index (κ3) is 6.05. The predicted octanol–water partition coefficient (Wildman–Crippen LogP) is 2.02. The molecule has 0 rings (SSSR count). The molecule has 0 saturated carbocycles.